The molecular formula is C19H24N2S2. The highest BCUT2D eigenvalue weighted by Gasteiger charge is 2.43. The molecule has 0 amide bonds. The monoisotopic (exact) mass is 344 g/mol. The molecule has 1 spiro atoms. The zero-order valence-corrected chi connectivity index (χ0v) is 15.6. The van der Waals surface area contributed by atoms with E-state index in [4.69, 9.17) is 0 Å². The lowest BCUT2D eigenvalue weighted by Gasteiger charge is -2.39. The lowest BCUT2D eigenvalue weighted by molar-refractivity contribution is 0.284. The van der Waals surface area contributed by atoms with Gasteiger partial charge in [-0.25, -0.2) is 0 Å². The van der Waals surface area contributed by atoms with Crippen LogP contribution in [0.5, 0.6) is 0 Å². The second kappa shape index (κ2) is 6.15. The Bertz CT molecular complexity index is 707. The van der Waals surface area contributed by atoms with E-state index in [1.165, 1.54) is 26.9 Å². The van der Waals surface area contributed by atoms with Crippen LogP contribution in [-0.4, -0.2) is 46.7 Å². The van der Waals surface area contributed by atoms with Crippen LogP contribution in [0.1, 0.15) is 26.2 Å². The summed E-state index contributed by atoms with van der Waals surface area (Å²) >= 11 is 2.01. The fourth-order valence-corrected chi connectivity index (χ4v) is 6.21. The second-order valence-corrected chi connectivity index (χ2v) is 8.90. The summed E-state index contributed by atoms with van der Waals surface area (Å²) in [6.07, 6.45) is 15.2. The molecule has 4 aliphatic rings. The molecule has 0 saturated heterocycles. The van der Waals surface area contributed by atoms with Gasteiger partial charge in [-0.2, -0.15) is 10.9 Å². The van der Waals surface area contributed by atoms with Crippen molar-refractivity contribution < 1.29 is 0 Å². The molecule has 0 bridgehead atoms. The Hall–Kier alpha value is -0.970. The minimum Gasteiger partial charge on any atom is -0.348 e. The van der Waals surface area contributed by atoms with E-state index in [-0.39, 0.29) is 5.41 Å². The zero-order valence-electron chi connectivity index (χ0n) is 13.9. The van der Waals surface area contributed by atoms with E-state index < -0.39 is 0 Å². The third kappa shape index (κ3) is 2.71. The van der Waals surface area contributed by atoms with Crippen molar-refractivity contribution in [3.8, 4) is 0 Å². The normalized spacial score (nSPS) is 30.4. The van der Waals surface area contributed by atoms with Crippen molar-refractivity contribution in [1.29, 1.82) is 0 Å². The van der Waals surface area contributed by atoms with Crippen LogP contribution in [0.25, 0.3) is 0 Å². The first-order chi connectivity index (χ1) is 11.2. The number of hydrogen-bond donors (Lipinski definition) is 0. The maximum absolute atomic E-state index is 2.56. The summed E-state index contributed by atoms with van der Waals surface area (Å²) in [7, 11) is 4.17. The molecule has 2 nitrogen and oxygen atoms in total. The Morgan fingerprint density at radius 1 is 1.35 bits per heavy atom. The number of allylic oxidation sites excluding steroid dienone is 4. The number of rotatable bonds is 2. The van der Waals surface area contributed by atoms with Crippen molar-refractivity contribution in [2.45, 2.75) is 26.2 Å². The molecule has 0 aromatic heterocycles. The predicted molar refractivity (Wildman–Crippen MR) is 106 cm³/mol. The van der Waals surface area contributed by atoms with Crippen LogP contribution in [0.15, 0.2) is 46.0 Å². The topological polar surface area (TPSA) is 6.48 Å². The van der Waals surface area contributed by atoms with Gasteiger partial charge in [0.15, 0.2) is 0 Å². The van der Waals surface area contributed by atoms with Gasteiger partial charge in [-0.15, -0.1) is 0 Å². The van der Waals surface area contributed by atoms with Gasteiger partial charge in [-0.1, -0.05) is 36.9 Å². The van der Waals surface area contributed by atoms with E-state index in [1.807, 2.05) is 22.7 Å². The Morgan fingerprint density at radius 3 is 3.09 bits per heavy atom. The van der Waals surface area contributed by atoms with E-state index in [2.05, 4.69) is 59.6 Å². The van der Waals surface area contributed by atoms with Crippen molar-refractivity contribution in [3.63, 3.8) is 0 Å². The Morgan fingerprint density at radius 2 is 2.26 bits per heavy atom. The molecule has 1 atom stereocenters. The van der Waals surface area contributed by atoms with E-state index in [1.54, 1.807) is 0 Å². The molecule has 122 valence electrons. The van der Waals surface area contributed by atoms with Crippen molar-refractivity contribution in [2.24, 2.45) is 5.41 Å². The van der Waals surface area contributed by atoms with Gasteiger partial charge in [-0.05, 0) is 37.8 Å². The molecule has 1 aliphatic carbocycles. The van der Waals surface area contributed by atoms with Crippen LogP contribution in [0.3, 0.4) is 0 Å². The van der Waals surface area contributed by atoms with Gasteiger partial charge in [0.2, 0.25) is 0 Å². The molecule has 0 radical (unpaired) electrons. The fraction of sp³-hybridized carbons (Fsp3) is 0.474. The molecule has 0 aromatic carbocycles. The van der Waals surface area contributed by atoms with Gasteiger partial charge in [0, 0.05) is 46.2 Å². The number of likely N-dealkylation sites (N-methyl/N-ethyl adjacent to an activating group) is 1. The molecule has 4 rings (SSSR count). The average Bonchev–Trinajstić information content (AvgIpc) is 2.89. The molecule has 0 aromatic rings. The van der Waals surface area contributed by atoms with Crippen molar-refractivity contribution in [3.05, 3.63) is 46.0 Å². The van der Waals surface area contributed by atoms with Gasteiger partial charge in [0.25, 0.3) is 0 Å². The standard InChI is InChI=1S/C19H24N2S2/c1-3-16-13-21(15-6-5-10-20(2)12-15)14-19-9-11-22-17(19)7-4-8-18(19)23-16/h4,6-8,11,13H,3,5,9-10,12,14H2,1-2H3. The largest absolute Gasteiger partial charge is 0.348 e. The highest BCUT2D eigenvalue weighted by molar-refractivity contribution is 8.07. The fourth-order valence-electron chi connectivity index (χ4n) is 3.75. The minimum atomic E-state index is 0.189. The zero-order chi connectivity index (χ0) is 15.9. The SMILES string of the molecule is CCC1=CN(C2=CCCN(C)C2)CC23CC=S=C2C=CC=C3S1. The molecule has 3 heterocycles. The predicted octanol–water partition coefficient (Wildman–Crippen LogP) is 4.06. The first-order valence-electron chi connectivity index (χ1n) is 8.48. The van der Waals surface area contributed by atoms with Crippen molar-refractivity contribution >= 4 is 32.9 Å². The Balaban J connectivity index is 1.73. The first-order valence-corrected chi connectivity index (χ1v) is 10.2. The van der Waals surface area contributed by atoms with E-state index in [9.17, 15) is 0 Å². The number of hydrogen-bond acceptors (Lipinski definition) is 3. The van der Waals surface area contributed by atoms with Crippen molar-refractivity contribution in [2.75, 3.05) is 26.7 Å². The second-order valence-electron chi connectivity index (χ2n) is 6.73. The van der Waals surface area contributed by atoms with Gasteiger partial charge >= 0.3 is 0 Å². The number of nitrogens with zero attached hydrogens (tertiary/aromatic N) is 2. The van der Waals surface area contributed by atoms with E-state index in [0.29, 0.717) is 0 Å². The molecule has 4 heteroatoms. The smallest absolute Gasteiger partial charge is 0.0580 e. The third-order valence-electron chi connectivity index (χ3n) is 5.10. The highest BCUT2D eigenvalue weighted by atomic mass is 32.2. The average molecular weight is 345 g/mol. The van der Waals surface area contributed by atoms with Crippen LogP contribution >= 0.6 is 22.7 Å². The lowest BCUT2D eigenvalue weighted by Crippen LogP contribution is -2.42. The number of thioether (sulfide) groups is 1. The quantitative estimate of drug-likeness (QED) is 0.698. The molecule has 23 heavy (non-hydrogen) atoms. The lowest BCUT2D eigenvalue weighted by atomic mass is 9.78. The van der Waals surface area contributed by atoms with Gasteiger partial charge < -0.3 is 9.80 Å². The summed E-state index contributed by atoms with van der Waals surface area (Å²) in [5, 5.41) is 2.40. The molecule has 0 saturated carbocycles. The van der Waals surface area contributed by atoms with E-state index >= 15 is 0 Å². The van der Waals surface area contributed by atoms with Gasteiger partial charge in [0.05, 0.1) is 5.41 Å². The summed E-state index contributed by atoms with van der Waals surface area (Å²) in [5.41, 5.74) is 1.67. The van der Waals surface area contributed by atoms with Crippen LogP contribution in [0, 0.1) is 5.41 Å². The van der Waals surface area contributed by atoms with Gasteiger partial charge in [-0.3, -0.25) is 0 Å². The van der Waals surface area contributed by atoms with E-state index in [0.717, 1.165) is 32.4 Å². The maximum Gasteiger partial charge on any atom is 0.0580 e. The Labute approximate surface area is 147 Å². The molecule has 3 aliphatic heterocycles. The Kier molecular flexibility index (Phi) is 4.16. The van der Waals surface area contributed by atoms with Gasteiger partial charge in [0.1, 0.15) is 0 Å². The first kappa shape index (κ1) is 15.6. The minimum absolute atomic E-state index is 0.189. The van der Waals surface area contributed by atoms with Crippen LogP contribution in [0.4, 0.5) is 0 Å². The summed E-state index contributed by atoms with van der Waals surface area (Å²) in [6, 6.07) is 0. The van der Waals surface area contributed by atoms with Crippen molar-refractivity contribution in [1.82, 2.24) is 9.80 Å². The van der Waals surface area contributed by atoms with Crippen LogP contribution in [0.2, 0.25) is 0 Å². The highest BCUT2D eigenvalue weighted by Crippen LogP contribution is 2.50. The maximum atomic E-state index is 2.56. The van der Waals surface area contributed by atoms with Crippen LogP contribution < -0.4 is 0 Å². The van der Waals surface area contributed by atoms with Crippen LogP contribution in [-0.2, 0) is 0 Å². The summed E-state index contributed by atoms with van der Waals surface area (Å²) in [5.74, 6) is 0. The molecule has 0 N–H and O–H groups in total. The molecule has 0 fully saturated rings. The summed E-state index contributed by atoms with van der Waals surface area (Å²) < 4.78 is 0. The summed E-state index contributed by atoms with van der Waals surface area (Å²) in [4.78, 5) is 9.54. The molecular weight excluding hydrogens is 320 g/mol. The third-order valence-corrected chi connectivity index (χ3v) is 7.62. The molecule has 1 unspecified atom stereocenters. The summed E-state index contributed by atoms with van der Waals surface area (Å²) in [6.45, 7) is 5.60.